The summed E-state index contributed by atoms with van der Waals surface area (Å²) in [4.78, 5) is 0. The molecule has 2 aromatic rings. The third-order valence-electron chi connectivity index (χ3n) is 2.88. The summed E-state index contributed by atoms with van der Waals surface area (Å²) in [5.41, 5.74) is 3.68. The fourth-order valence-electron chi connectivity index (χ4n) is 1.99. The van der Waals surface area contributed by atoms with Gasteiger partial charge in [-0.2, -0.15) is 0 Å². The Hall–Kier alpha value is -1.51. The smallest absolute Gasteiger partial charge is 0.0966 e. The molecule has 3 heteroatoms. The van der Waals surface area contributed by atoms with Crippen LogP contribution in [0.25, 0.3) is 10.9 Å². The van der Waals surface area contributed by atoms with Gasteiger partial charge in [-0.3, -0.25) is 0 Å². The number of fused-ring (bicyclic) bond motifs is 1. The van der Waals surface area contributed by atoms with E-state index in [4.69, 9.17) is 0 Å². The summed E-state index contributed by atoms with van der Waals surface area (Å²) in [6.45, 7) is 8.85. The van der Waals surface area contributed by atoms with E-state index in [2.05, 4.69) is 55.2 Å². The van der Waals surface area contributed by atoms with E-state index in [1.54, 1.807) is 6.20 Å². The first kappa shape index (κ1) is 11.0. The highest BCUT2D eigenvalue weighted by atomic mass is 15.3. The van der Waals surface area contributed by atoms with E-state index in [0.717, 1.165) is 10.9 Å². The lowest BCUT2D eigenvalue weighted by atomic mass is 9.89. The Morgan fingerprint density at radius 2 is 1.56 bits per heavy atom. The van der Waals surface area contributed by atoms with Gasteiger partial charge in [-0.05, 0) is 40.3 Å². The van der Waals surface area contributed by atoms with E-state index in [1.807, 2.05) is 0 Å². The quantitative estimate of drug-likeness (QED) is 0.771. The second kappa shape index (κ2) is 4.16. The van der Waals surface area contributed by atoms with Crippen molar-refractivity contribution in [2.45, 2.75) is 39.5 Å². The lowest BCUT2D eigenvalue weighted by Gasteiger charge is -2.16. The van der Waals surface area contributed by atoms with Crippen LogP contribution in [0.5, 0.6) is 0 Å². The predicted molar refractivity (Wildman–Crippen MR) is 65.5 cm³/mol. The highest BCUT2D eigenvalue weighted by Crippen LogP contribution is 2.29. The Labute approximate surface area is 95.9 Å². The zero-order valence-electron chi connectivity index (χ0n) is 10.2. The van der Waals surface area contributed by atoms with E-state index in [1.165, 1.54) is 11.1 Å². The third kappa shape index (κ3) is 1.90. The summed E-state index contributed by atoms with van der Waals surface area (Å²) >= 11 is 0. The Morgan fingerprint density at radius 3 is 2.19 bits per heavy atom. The number of rotatable bonds is 2. The summed E-state index contributed by atoms with van der Waals surface area (Å²) in [6, 6.07) is 4.33. The van der Waals surface area contributed by atoms with Crippen LogP contribution in [0, 0.1) is 0 Å². The Morgan fingerprint density at radius 1 is 0.938 bits per heavy atom. The first-order valence-electron chi connectivity index (χ1n) is 5.71. The summed E-state index contributed by atoms with van der Waals surface area (Å²) in [5.74, 6) is 1.03. The molecule has 0 radical (unpaired) electrons. The van der Waals surface area contributed by atoms with Gasteiger partial charge in [0.2, 0.25) is 0 Å². The Balaban J connectivity index is 2.71. The molecule has 0 unspecified atom stereocenters. The van der Waals surface area contributed by atoms with Crippen molar-refractivity contribution in [2.24, 2.45) is 0 Å². The largest absolute Gasteiger partial charge is 0.138 e. The summed E-state index contributed by atoms with van der Waals surface area (Å²) in [6.07, 6.45) is 1.78. The van der Waals surface area contributed by atoms with Crippen LogP contribution in [0.15, 0.2) is 18.3 Å². The molecule has 1 aromatic heterocycles. The molecule has 0 aliphatic heterocycles. The number of hydrogen-bond acceptors (Lipinski definition) is 3. The van der Waals surface area contributed by atoms with Crippen molar-refractivity contribution in [3.63, 3.8) is 0 Å². The molecule has 0 aliphatic rings. The van der Waals surface area contributed by atoms with Gasteiger partial charge in [0.05, 0.1) is 11.7 Å². The van der Waals surface area contributed by atoms with E-state index in [-0.39, 0.29) is 0 Å². The fourth-order valence-corrected chi connectivity index (χ4v) is 1.99. The highest BCUT2D eigenvalue weighted by Gasteiger charge is 2.12. The van der Waals surface area contributed by atoms with Crippen LogP contribution in [0.3, 0.4) is 0 Å². The van der Waals surface area contributed by atoms with Crippen LogP contribution in [-0.4, -0.2) is 15.4 Å². The second-order valence-electron chi connectivity index (χ2n) is 4.78. The van der Waals surface area contributed by atoms with Gasteiger partial charge < -0.3 is 0 Å². The van der Waals surface area contributed by atoms with E-state index >= 15 is 0 Å². The summed E-state index contributed by atoms with van der Waals surface area (Å²) in [5, 5.41) is 12.7. The van der Waals surface area contributed by atoms with Crippen molar-refractivity contribution >= 4 is 10.9 Å². The van der Waals surface area contributed by atoms with E-state index in [0.29, 0.717) is 11.8 Å². The standard InChI is InChI=1S/C13H17N3/c1-8(2)11-5-10-7-14-16-15-13(10)6-12(11)9(3)4/h5-9H,1-4H3. The average Bonchev–Trinajstić information content (AvgIpc) is 2.27. The Kier molecular flexibility index (Phi) is 2.86. The molecule has 0 spiro atoms. The maximum Gasteiger partial charge on any atom is 0.0966 e. The van der Waals surface area contributed by atoms with E-state index in [9.17, 15) is 0 Å². The monoisotopic (exact) mass is 215 g/mol. The molecule has 0 bridgehead atoms. The molecule has 84 valence electrons. The van der Waals surface area contributed by atoms with Crippen LogP contribution >= 0.6 is 0 Å². The van der Waals surface area contributed by atoms with Gasteiger partial charge >= 0.3 is 0 Å². The minimum atomic E-state index is 0.511. The topological polar surface area (TPSA) is 38.7 Å². The maximum absolute atomic E-state index is 4.06. The van der Waals surface area contributed by atoms with Gasteiger partial charge in [-0.1, -0.05) is 27.7 Å². The van der Waals surface area contributed by atoms with Crippen molar-refractivity contribution in [2.75, 3.05) is 0 Å². The molecule has 0 atom stereocenters. The molecule has 2 rings (SSSR count). The molecular formula is C13H17N3. The van der Waals surface area contributed by atoms with Crippen molar-refractivity contribution < 1.29 is 0 Å². The Bertz CT molecular complexity index is 457. The molecular weight excluding hydrogens is 198 g/mol. The number of aromatic nitrogens is 3. The van der Waals surface area contributed by atoms with E-state index < -0.39 is 0 Å². The molecule has 0 saturated heterocycles. The van der Waals surface area contributed by atoms with Crippen LogP contribution in [-0.2, 0) is 0 Å². The lowest BCUT2D eigenvalue weighted by Crippen LogP contribution is -2.00. The van der Waals surface area contributed by atoms with Gasteiger partial charge in [-0.25, -0.2) is 0 Å². The maximum atomic E-state index is 4.06. The van der Waals surface area contributed by atoms with Crippen LogP contribution in [0.1, 0.15) is 50.7 Å². The highest BCUT2D eigenvalue weighted by molar-refractivity contribution is 5.79. The zero-order chi connectivity index (χ0) is 11.7. The van der Waals surface area contributed by atoms with Crippen molar-refractivity contribution in [1.82, 2.24) is 15.4 Å². The first-order chi connectivity index (χ1) is 7.59. The molecule has 16 heavy (non-hydrogen) atoms. The minimum absolute atomic E-state index is 0.511. The molecule has 1 aromatic carbocycles. The van der Waals surface area contributed by atoms with Crippen LogP contribution < -0.4 is 0 Å². The van der Waals surface area contributed by atoms with Gasteiger partial charge in [0.25, 0.3) is 0 Å². The predicted octanol–water partition coefficient (Wildman–Crippen LogP) is 3.27. The van der Waals surface area contributed by atoms with Gasteiger partial charge in [0, 0.05) is 5.39 Å². The SMILES string of the molecule is CC(C)c1cc2cnnnc2cc1C(C)C. The minimum Gasteiger partial charge on any atom is -0.138 e. The molecule has 1 heterocycles. The molecule has 0 amide bonds. The molecule has 3 nitrogen and oxygen atoms in total. The zero-order valence-corrected chi connectivity index (χ0v) is 10.2. The summed E-state index contributed by atoms with van der Waals surface area (Å²) in [7, 11) is 0. The number of benzene rings is 1. The second-order valence-corrected chi connectivity index (χ2v) is 4.78. The first-order valence-corrected chi connectivity index (χ1v) is 5.71. The fraction of sp³-hybridized carbons (Fsp3) is 0.462. The van der Waals surface area contributed by atoms with Gasteiger partial charge in [0.1, 0.15) is 0 Å². The van der Waals surface area contributed by atoms with Crippen molar-refractivity contribution in [1.29, 1.82) is 0 Å². The molecule has 0 aliphatic carbocycles. The van der Waals surface area contributed by atoms with Crippen LogP contribution in [0.4, 0.5) is 0 Å². The number of hydrogen-bond donors (Lipinski definition) is 0. The molecule has 0 N–H and O–H groups in total. The van der Waals surface area contributed by atoms with Crippen molar-refractivity contribution in [3.8, 4) is 0 Å². The van der Waals surface area contributed by atoms with Gasteiger partial charge in [0.15, 0.2) is 0 Å². The third-order valence-corrected chi connectivity index (χ3v) is 2.88. The normalized spacial score (nSPS) is 11.6. The lowest BCUT2D eigenvalue weighted by molar-refractivity contribution is 0.790. The average molecular weight is 215 g/mol. The van der Waals surface area contributed by atoms with Crippen molar-refractivity contribution in [3.05, 3.63) is 29.5 Å². The van der Waals surface area contributed by atoms with Crippen LogP contribution in [0.2, 0.25) is 0 Å². The number of nitrogens with zero attached hydrogens (tertiary/aromatic N) is 3. The molecule has 0 saturated carbocycles. The van der Waals surface area contributed by atoms with Gasteiger partial charge in [-0.15, -0.1) is 10.2 Å². The summed E-state index contributed by atoms with van der Waals surface area (Å²) < 4.78 is 0. The molecule has 0 fully saturated rings.